The van der Waals surface area contributed by atoms with Crippen LogP contribution in [0.15, 0.2) is 0 Å². The number of phosphoric ester groups is 2. The van der Waals surface area contributed by atoms with E-state index in [-0.39, 0.29) is 25.7 Å². The van der Waals surface area contributed by atoms with Crippen LogP contribution in [0.2, 0.25) is 0 Å². The summed E-state index contributed by atoms with van der Waals surface area (Å²) in [5.74, 6) is -0.540. The predicted octanol–water partition coefficient (Wildman–Crippen LogP) is 22.3. The lowest BCUT2D eigenvalue weighted by molar-refractivity contribution is -0.161. The third kappa shape index (κ3) is 70.3. The Morgan fingerprint density at radius 2 is 0.484 bits per heavy atom. The van der Waals surface area contributed by atoms with Gasteiger partial charge in [0.25, 0.3) is 0 Å². The second kappa shape index (κ2) is 67.9. The lowest BCUT2D eigenvalue weighted by Crippen LogP contribution is -2.30. The topological polar surface area (TPSA) is 237 Å². The molecule has 0 aliphatic carbocycles. The average molecular weight is 1400 g/mol. The number of unbranched alkanes of at least 4 members (excludes halogenated alkanes) is 45. The SMILES string of the molecule is CCCCCCCCCCCCCCCC(=O)O[C@H](COC(=O)CCCCCCCCCCCC)COP(=O)(O)OC[C@H](O)COP(=O)(O)OC[C@@H](COC(=O)CCCCCCCCCCCCCC(C)C)OC(=O)CCCCCCCCCCCCCCCCCC(C)C. The molecule has 17 nitrogen and oxygen atoms in total. The summed E-state index contributed by atoms with van der Waals surface area (Å²) in [7, 11) is -9.91. The Morgan fingerprint density at radius 1 is 0.284 bits per heavy atom. The van der Waals surface area contributed by atoms with Gasteiger partial charge in [0.2, 0.25) is 0 Å². The number of esters is 4. The van der Waals surface area contributed by atoms with Crippen molar-refractivity contribution in [2.75, 3.05) is 39.6 Å². The molecule has 0 heterocycles. The van der Waals surface area contributed by atoms with E-state index in [9.17, 15) is 43.2 Å². The summed E-state index contributed by atoms with van der Waals surface area (Å²) in [4.78, 5) is 72.8. The van der Waals surface area contributed by atoms with Gasteiger partial charge in [-0.1, -0.05) is 343 Å². The average Bonchev–Trinajstić information content (AvgIpc) is 3.15. The Bertz CT molecular complexity index is 1840. The maximum absolute atomic E-state index is 13.1. The Morgan fingerprint density at radius 3 is 0.716 bits per heavy atom. The Balaban J connectivity index is 5.24. The summed E-state index contributed by atoms with van der Waals surface area (Å²) >= 11 is 0. The van der Waals surface area contributed by atoms with Crippen molar-refractivity contribution in [3.05, 3.63) is 0 Å². The standard InChI is InChI=1S/C76H148O17P2/c1-7-9-11-13-15-17-19-23-29-36-42-48-54-60-75(80)92-71(64-86-73(78)58-52-46-40-34-18-16-14-12-10-8-2)66-90-94(82,83)88-62-70(77)63-89-95(84,85)91-67-72(65-87-74(79)59-53-47-41-35-31-26-28-33-39-45-51-57-69(5)6)93-76(81)61-55-49-43-37-30-25-22-20-21-24-27-32-38-44-50-56-68(3)4/h68-72,77H,7-67H2,1-6H3,(H,82,83)(H,84,85)/t70-,71+,72+/m0/s1. The Labute approximate surface area is 581 Å². The van der Waals surface area contributed by atoms with Gasteiger partial charge in [0.1, 0.15) is 19.3 Å². The van der Waals surface area contributed by atoms with Gasteiger partial charge in [0.05, 0.1) is 26.4 Å². The van der Waals surface area contributed by atoms with Crippen molar-refractivity contribution in [2.24, 2.45) is 11.8 Å². The van der Waals surface area contributed by atoms with E-state index >= 15 is 0 Å². The molecule has 19 heteroatoms. The minimum Gasteiger partial charge on any atom is -0.462 e. The highest BCUT2D eigenvalue weighted by Gasteiger charge is 2.30. The van der Waals surface area contributed by atoms with Gasteiger partial charge < -0.3 is 33.8 Å². The largest absolute Gasteiger partial charge is 0.472 e. The van der Waals surface area contributed by atoms with E-state index in [0.717, 1.165) is 102 Å². The van der Waals surface area contributed by atoms with E-state index in [1.165, 1.54) is 212 Å². The van der Waals surface area contributed by atoms with Crippen molar-refractivity contribution in [3.8, 4) is 0 Å². The van der Waals surface area contributed by atoms with Crippen LogP contribution in [0.1, 0.15) is 395 Å². The number of carbonyl (C=O) groups excluding carboxylic acids is 4. The van der Waals surface area contributed by atoms with Crippen LogP contribution in [0.5, 0.6) is 0 Å². The van der Waals surface area contributed by atoms with Gasteiger partial charge in [0.15, 0.2) is 12.2 Å². The number of ether oxygens (including phenoxy) is 4. The molecule has 0 aliphatic rings. The zero-order valence-corrected chi connectivity index (χ0v) is 63.8. The predicted molar refractivity (Wildman–Crippen MR) is 386 cm³/mol. The number of phosphoric acid groups is 2. The second-order valence-electron chi connectivity index (χ2n) is 28.3. The fourth-order valence-corrected chi connectivity index (χ4v) is 13.2. The second-order valence-corrected chi connectivity index (χ2v) is 31.3. The molecule has 0 aromatic carbocycles. The van der Waals surface area contributed by atoms with Gasteiger partial charge in [-0.2, -0.15) is 0 Å². The molecule has 0 saturated heterocycles. The van der Waals surface area contributed by atoms with Crippen LogP contribution >= 0.6 is 15.6 Å². The fraction of sp³-hybridized carbons (Fsp3) is 0.947. The third-order valence-corrected chi connectivity index (χ3v) is 19.6. The minimum absolute atomic E-state index is 0.108. The van der Waals surface area contributed by atoms with Crippen molar-refractivity contribution in [3.63, 3.8) is 0 Å². The lowest BCUT2D eigenvalue weighted by Gasteiger charge is -2.21. The Hall–Kier alpha value is -1.94. The summed E-state index contributed by atoms with van der Waals surface area (Å²) in [5.41, 5.74) is 0. The molecule has 3 N–H and O–H groups in total. The number of hydrogen-bond acceptors (Lipinski definition) is 15. The maximum Gasteiger partial charge on any atom is 0.472 e. The zero-order chi connectivity index (χ0) is 70.0. The van der Waals surface area contributed by atoms with E-state index in [1.807, 2.05) is 0 Å². The highest BCUT2D eigenvalue weighted by atomic mass is 31.2. The van der Waals surface area contributed by atoms with Crippen LogP contribution in [0.3, 0.4) is 0 Å². The molecular formula is C76H148O17P2. The number of carbonyl (C=O) groups is 4. The van der Waals surface area contributed by atoms with Gasteiger partial charge >= 0.3 is 39.5 Å². The summed E-state index contributed by atoms with van der Waals surface area (Å²) in [5, 5.41) is 10.6. The van der Waals surface area contributed by atoms with E-state index < -0.39 is 97.5 Å². The van der Waals surface area contributed by atoms with Crippen molar-refractivity contribution >= 4 is 39.5 Å². The van der Waals surface area contributed by atoms with Crippen molar-refractivity contribution < 1.29 is 80.2 Å². The summed E-state index contributed by atoms with van der Waals surface area (Å²) in [6, 6.07) is 0. The molecule has 0 aromatic heterocycles. The smallest absolute Gasteiger partial charge is 0.462 e. The number of aliphatic hydroxyl groups excluding tert-OH is 1. The molecule has 0 radical (unpaired) electrons. The molecule has 0 aliphatic heterocycles. The van der Waals surface area contributed by atoms with Crippen molar-refractivity contribution in [1.82, 2.24) is 0 Å². The fourth-order valence-electron chi connectivity index (χ4n) is 11.7. The van der Waals surface area contributed by atoms with E-state index in [1.54, 1.807) is 0 Å². The first kappa shape index (κ1) is 93.1. The first-order valence-corrected chi connectivity index (χ1v) is 42.5. The maximum atomic E-state index is 13.1. The van der Waals surface area contributed by atoms with Crippen LogP contribution in [0.25, 0.3) is 0 Å². The molecular weight excluding hydrogens is 1250 g/mol. The Kier molecular flexibility index (Phi) is 66.5. The van der Waals surface area contributed by atoms with Crippen LogP contribution in [-0.4, -0.2) is 96.7 Å². The summed E-state index contributed by atoms with van der Waals surface area (Å²) < 4.78 is 68.5. The van der Waals surface area contributed by atoms with Crippen LogP contribution in [0.4, 0.5) is 0 Å². The molecule has 564 valence electrons. The highest BCUT2D eigenvalue weighted by Crippen LogP contribution is 2.45. The molecule has 2 unspecified atom stereocenters. The van der Waals surface area contributed by atoms with E-state index in [4.69, 9.17) is 37.0 Å². The van der Waals surface area contributed by atoms with Crippen molar-refractivity contribution in [1.29, 1.82) is 0 Å². The monoisotopic (exact) mass is 1400 g/mol. The van der Waals surface area contributed by atoms with Crippen LogP contribution in [0, 0.1) is 11.8 Å². The van der Waals surface area contributed by atoms with Gasteiger partial charge in [-0.3, -0.25) is 37.3 Å². The van der Waals surface area contributed by atoms with Gasteiger partial charge in [-0.25, -0.2) is 9.13 Å². The highest BCUT2D eigenvalue weighted by molar-refractivity contribution is 7.47. The molecule has 0 amide bonds. The third-order valence-electron chi connectivity index (χ3n) is 17.7. The van der Waals surface area contributed by atoms with Gasteiger partial charge in [0, 0.05) is 25.7 Å². The quantitative estimate of drug-likeness (QED) is 0.0222. The molecule has 0 spiro atoms. The molecule has 0 fully saturated rings. The zero-order valence-electron chi connectivity index (χ0n) is 62.0. The van der Waals surface area contributed by atoms with E-state index in [0.29, 0.717) is 25.7 Å². The first-order chi connectivity index (χ1) is 45.9. The summed E-state index contributed by atoms with van der Waals surface area (Å²) in [6.45, 7) is 9.63. The molecule has 0 aromatic rings. The summed E-state index contributed by atoms with van der Waals surface area (Å²) in [6.07, 6.45) is 55.3. The molecule has 0 saturated carbocycles. The first-order valence-electron chi connectivity index (χ1n) is 39.5. The normalized spacial score (nSPS) is 14.0. The molecule has 0 rings (SSSR count). The molecule has 95 heavy (non-hydrogen) atoms. The minimum atomic E-state index is -4.96. The molecule has 5 atom stereocenters. The van der Waals surface area contributed by atoms with Gasteiger partial charge in [-0.15, -0.1) is 0 Å². The molecule has 0 bridgehead atoms. The van der Waals surface area contributed by atoms with Crippen LogP contribution < -0.4 is 0 Å². The number of rotatable bonds is 75. The van der Waals surface area contributed by atoms with E-state index in [2.05, 4.69) is 41.5 Å². The lowest BCUT2D eigenvalue weighted by atomic mass is 10.0. The number of aliphatic hydroxyl groups is 1. The van der Waals surface area contributed by atoms with Gasteiger partial charge in [-0.05, 0) is 37.5 Å². The number of hydrogen-bond donors (Lipinski definition) is 3. The van der Waals surface area contributed by atoms with Crippen molar-refractivity contribution in [2.45, 2.75) is 413 Å². The van der Waals surface area contributed by atoms with Crippen LogP contribution in [-0.2, 0) is 65.4 Å².